The molecule has 0 bridgehead atoms. The van der Waals surface area contributed by atoms with Crippen LogP contribution >= 0.6 is 0 Å². The third-order valence-electron chi connectivity index (χ3n) is 4.95. The van der Waals surface area contributed by atoms with Gasteiger partial charge in [-0.3, -0.25) is 9.59 Å². The first kappa shape index (κ1) is 17.9. The SMILES string of the molecule is CC(C(=O)NCc1ccc(F)cc1)n1c2ccccc2c2cnn(C)c(=O)c21. The highest BCUT2D eigenvalue weighted by Crippen LogP contribution is 2.29. The first-order valence-corrected chi connectivity index (χ1v) is 8.94. The molecule has 0 spiro atoms. The molecule has 0 saturated carbocycles. The van der Waals surface area contributed by atoms with Crippen molar-refractivity contribution in [3.63, 3.8) is 0 Å². The molecule has 1 unspecified atom stereocenters. The number of nitrogens with one attached hydrogen (secondary N) is 1. The molecule has 2 heterocycles. The summed E-state index contributed by atoms with van der Waals surface area (Å²) in [7, 11) is 1.59. The average Bonchev–Trinajstić information content (AvgIpc) is 3.04. The summed E-state index contributed by atoms with van der Waals surface area (Å²) in [6.07, 6.45) is 1.65. The zero-order valence-electron chi connectivity index (χ0n) is 15.5. The number of carbonyl (C=O) groups is 1. The highest BCUT2D eigenvalue weighted by molar-refractivity contribution is 6.08. The Morgan fingerprint density at radius 2 is 1.86 bits per heavy atom. The highest BCUT2D eigenvalue weighted by Gasteiger charge is 2.23. The summed E-state index contributed by atoms with van der Waals surface area (Å²) in [5.41, 5.74) is 1.78. The monoisotopic (exact) mass is 378 g/mol. The van der Waals surface area contributed by atoms with E-state index in [-0.39, 0.29) is 23.8 Å². The molecular weight excluding hydrogens is 359 g/mol. The van der Waals surface area contributed by atoms with E-state index in [0.717, 1.165) is 21.9 Å². The number of nitrogens with zero attached hydrogens (tertiary/aromatic N) is 3. The fraction of sp³-hybridized carbons (Fsp3) is 0.190. The van der Waals surface area contributed by atoms with E-state index >= 15 is 0 Å². The molecule has 4 rings (SSSR count). The normalized spacial score (nSPS) is 12.4. The zero-order chi connectivity index (χ0) is 19.8. The molecular formula is C21H19FN4O2. The van der Waals surface area contributed by atoms with Gasteiger partial charge in [0.25, 0.3) is 5.56 Å². The first-order valence-electron chi connectivity index (χ1n) is 8.94. The lowest BCUT2D eigenvalue weighted by molar-refractivity contribution is -0.123. The quantitative estimate of drug-likeness (QED) is 0.594. The van der Waals surface area contributed by atoms with E-state index in [2.05, 4.69) is 10.4 Å². The molecule has 1 amide bonds. The van der Waals surface area contributed by atoms with Gasteiger partial charge in [0.2, 0.25) is 5.91 Å². The van der Waals surface area contributed by atoms with Crippen molar-refractivity contribution in [3.8, 4) is 0 Å². The minimum atomic E-state index is -0.613. The van der Waals surface area contributed by atoms with Gasteiger partial charge in [-0.15, -0.1) is 0 Å². The Balaban J connectivity index is 1.74. The number of aromatic nitrogens is 3. The van der Waals surface area contributed by atoms with E-state index in [4.69, 9.17) is 0 Å². The maximum atomic E-state index is 13.0. The summed E-state index contributed by atoms with van der Waals surface area (Å²) in [4.78, 5) is 25.6. The lowest BCUT2D eigenvalue weighted by Crippen LogP contribution is -2.32. The van der Waals surface area contributed by atoms with Crippen molar-refractivity contribution in [1.82, 2.24) is 19.7 Å². The van der Waals surface area contributed by atoms with Gasteiger partial charge in [-0.25, -0.2) is 9.07 Å². The Morgan fingerprint density at radius 3 is 2.61 bits per heavy atom. The Labute approximate surface area is 160 Å². The molecule has 2 aromatic carbocycles. The Hall–Kier alpha value is -3.48. The van der Waals surface area contributed by atoms with Crippen molar-refractivity contribution in [1.29, 1.82) is 0 Å². The molecule has 0 aliphatic heterocycles. The van der Waals surface area contributed by atoms with Crippen LogP contribution in [0.4, 0.5) is 4.39 Å². The molecule has 4 aromatic rings. The zero-order valence-corrected chi connectivity index (χ0v) is 15.5. The van der Waals surface area contributed by atoms with Crippen LogP contribution in [0.1, 0.15) is 18.5 Å². The van der Waals surface area contributed by atoms with Crippen molar-refractivity contribution in [2.75, 3.05) is 0 Å². The number of aryl methyl sites for hydroxylation is 1. The van der Waals surface area contributed by atoms with Crippen molar-refractivity contribution < 1.29 is 9.18 Å². The van der Waals surface area contributed by atoms with E-state index < -0.39 is 6.04 Å². The number of fused-ring (bicyclic) bond motifs is 3. The van der Waals surface area contributed by atoms with Crippen LogP contribution in [0.3, 0.4) is 0 Å². The molecule has 1 atom stereocenters. The van der Waals surface area contributed by atoms with Crippen molar-refractivity contribution in [3.05, 3.63) is 76.5 Å². The lowest BCUT2D eigenvalue weighted by atomic mass is 10.2. The summed E-state index contributed by atoms with van der Waals surface area (Å²) in [6, 6.07) is 12.9. The summed E-state index contributed by atoms with van der Waals surface area (Å²) in [5.74, 6) is -0.552. The first-order chi connectivity index (χ1) is 13.5. The van der Waals surface area contributed by atoms with Gasteiger partial charge in [-0.1, -0.05) is 30.3 Å². The minimum absolute atomic E-state index is 0.231. The predicted octanol–water partition coefficient (Wildman–Crippen LogP) is 2.90. The average molecular weight is 378 g/mol. The predicted molar refractivity (Wildman–Crippen MR) is 105 cm³/mol. The molecule has 142 valence electrons. The molecule has 0 aliphatic carbocycles. The molecule has 7 heteroatoms. The molecule has 28 heavy (non-hydrogen) atoms. The molecule has 6 nitrogen and oxygen atoms in total. The van der Waals surface area contributed by atoms with E-state index in [0.29, 0.717) is 5.52 Å². The van der Waals surface area contributed by atoms with Crippen LogP contribution in [0.2, 0.25) is 0 Å². The highest BCUT2D eigenvalue weighted by atomic mass is 19.1. The second kappa shape index (κ2) is 6.92. The topological polar surface area (TPSA) is 68.9 Å². The number of para-hydroxylation sites is 1. The van der Waals surface area contributed by atoms with Gasteiger partial charge >= 0.3 is 0 Å². The van der Waals surface area contributed by atoms with Gasteiger partial charge in [0.15, 0.2) is 0 Å². The number of hydrogen-bond acceptors (Lipinski definition) is 3. The van der Waals surface area contributed by atoms with Crippen molar-refractivity contribution in [2.24, 2.45) is 7.05 Å². The summed E-state index contributed by atoms with van der Waals surface area (Å²) < 4.78 is 16.1. The molecule has 2 aromatic heterocycles. The second-order valence-corrected chi connectivity index (χ2v) is 6.74. The van der Waals surface area contributed by atoms with Crippen LogP contribution in [0.25, 0.3) is 21.8 Å². The van der Waals surface area contributed by atoms with Gasteiger partial charge in [0, 0.05) is 24.4 Å². The van der Waals surface area contributed by atoms with E-state index in [9.17, 15) is 14.0 Å². The van der Waals surface area contributed by atoms with Crippen LogP contribution in [0, 0.1) is 5.82 Å². The van der Waals surface area contributed by atoms with Gasteiger partial charge in [-0.2, -0.15) is 5.10 Å². The number of rotatable bonds is 4. The number of hydrogen-bond donors (Lipinski definition) is 1. The van der Waals surface area contributed by atoms with Gasteiger partial charge in [0.05, 0.1) is 11.7 Å². The number of benzene rings is 2. The Morgan fingerprint density at radius 1 is 1.14 bits per heavy atom. The van der Waals surface area contributed by atoms with Gasteiger partial charge in [0.1, 0.15) is 17.4 Å². The lowest BCUT2D eigenvalue weighted by Gasteiger charge is -2.16. The minimum Gasteiger partial charge on any atom is -0.350 e. The summed E-state index contributed by atoms with van der Waals surface area (Å²) in [5, 5.41) is 8.58. The van der Waals surface area contributed by atoms with Crippen molar-refractivity contribution in [2.45, 2.75) is 19.5 Å². The number of amides is 1. The van der Waals surface area contributed by atoms with E-state index in [1.807, 2.05) is 24.3 Å². The largest absolute Gasteiger partial charge is 0.350 e. The van der Waals surface area contributed by atoms with Crippen LogP contribution in [-0.4, -0.2) is 20.3 Å². The third-order valence-corrected chi connectivity index (χ3v) is 4.95. The molecule has 0 radical (unpaired) electrons. The summed E-state index contributed by atoms with van der Waals surface area (Å²) in [6.45, 7) is 2.03. The molecule has 0 fully saturated rings. The van der Waals surface area contributed by atoms with Crippen LogP contribution in [0.15, 0.2) is 59.5 Å². The molecule has 1 N–H and O–H groups in total. The molecule has 0 saturated heterocycles. The standard InChI is InChI=1S/C21H19FN4O2/c1-13(20(27)23-11-14-7-9-15(22)10-8-14)26-18-6-4-3-5-16(18)17-12-24-25(2)21(28)19(17)26/h3-10,12-13H,11H2,1-2H3,(H,23,27). The molecule has 0 aliphatic rings. The fourth-order valence-electron chi connectivity index (χ4n) is 3.45. The number of carbonyl (C=O) groups excluding carboxylic acids is 1. The smallest absolute Gasteiger partial charge is 0.291 e. The van der Waals surface area contributed by atoms with Crippen LogP contribution in [-0.2, 0) is 18.4 Å². The van der Waals surface area contributed by atoms with Crippen molar-refractivity contribution >= 4 is 27.7 Å². The van der Waals surface area contributed by atoms with Gasteiger partial charge in [-0.05, 0) is 30.7 Å². The van der Waals surface area contributed by atoms with E-state index in [1.165, 1.54) is 16.8 Å². The van der Waals surface area contributed by atoms with E-state index in [1.54, 1.807) is 36.9 Å². The van der Waals surface area contributed by atoms with Crippen LogP contribution < -0.4 is 10.9 Å². The maximum Gasteiger partial charge on any atom is 0.291 e. The van der Waals surface area contributed by atoms with Gasteiger partial charge < -0.3 is 9.88 Å². The number of halogens is 1. The maximum absolute atomic E-state index is 13.0. The summed E-state index contributed by atoms with van der Waals surface area (Å²) >= 11 is 0. The third kappa shape index (κ3) is 2.94. The fourth-order valence-corrected chi connectivity index (χ4v) is 3.45. The second-order valence-electron chi connectivity index (χ2n) is 6.74. The Kier molecular flexibility index (Phi) is 4.43. The Bertz CT molecular complexity index is 1240. The van der Waals surface area contributed by atoms with Crippen LogP contribution in [0.5, 0.6) is 0 Å².